The molecule has 0 bridgehead atoms. The van der Waals surface area contributed by atoms with Crippen molar-refractivity contribution in [3.8, 4) is 24.7 Å². The second-order valence-electron chi connectivity index (χ2n) is 12.6. The topological polar surface area (TPSA) is 53.0 Å². The molecule has 36 heavy (non-hydrogen) atoms. The number of ether oxygens (including phenoxy) is 1. The van der Waals surface area contributed by atoms with Crippen LogP contribution in [0.5, 0.6) is 0 Å². The van der Waals surface area contributed by atoms with Gasteiger partial charge in [-0.25, -0.2) is 4.79 Å². The van der Waals surface area contributed by atoms with E-state index in [2.05, 4.69) is 35.8 Å². The minimum Gasteiger partial charge on any atom is -0.444 e. The first-order chi connectivity index (χ1) is 17.0. The Morgan fingerprint density at radius 3 is 2.47 bits per heavy atom. The van der Waals surface area contributed by atoms with Crippen molar-refractivity contribution in [3.05, 3.63) is 28.8 Å². The van der Waals surface area contributed by atoms with Gasteiger partial charge in [0, 0.05) is 37.2 Å². The normalized spacial score (nSPS) is 33.6. The van der Waals surface area contributed by atoms with Crippen LogP contribution >= 0.6 is 0 Å². The number of rotatable bonds is 1. The molecule has 5 heteroatoms. The smallest absolute Gasteiger partial charge is 0.410 e. The van der Waals surface area contributed by atoms with E-state index in [-0.39, 0.29) is 11.5 Å². The zero-order valence-corrected chi connectivity index (χ0v) is 22.3. The highest BCUT2D eigenvalue weighted by atomic mass is 16.6. The van der Waals surface area contributed by atoms with Crippen LogP contribution in [0.15, 0.2) is 12.1 Å². The molecule has 1 heterocycles. The molecule has 5 atom stereocenters. The fourth-order valence-electron chi connectivity index (χ4n) is 7.70. The van der Waals surface area contributed by atoms with E-state index in [4.69, 9.17) is 17.6 Å². The number of hydrogen-bond acceptors (Lipinski definition) is 4. The van der Waals surface area contributed by atoms with Crippen molar-refractivity contribution in [2.24, 2.45) is 17.3 Å². The molecule has 0 spiro atoms. The monoisotopic (exact) mass is 488 g/mol. The zero-order chi connectivity index (χ0) is 25.9. The molecule has 0 unspecified atom stereocenters. The van der Waals surface area contributed by atoms with Crippen LogP contribution in [-0.4, -0.2) is 53.5 Å². The summed E-state index contributed by atoms with van der Waals surface area (Å²) in [7, 11) is 0. The van der Waals surface area contributed by atoms with Crippen LogP contribution < -0.4 is 4.90 Å². The van der Waals surface area contributed by atoms with Gasteiger partial charge >= 0.3 is 6.09 Å². The molecule has 3 fully saturated rings. The molecular weight excluding hydrogens is 448 g/mol. The molecule has 1 amide bonds. The van der Waals surface area contributed by atoms with E-state index in [1.54, 1.807) is 4.90 Å². The van der Waals surface area contributed by atoms with Gasteiger partial charge in [0.25, 0.3) is 0 Å². The Bertz CT molecular complexity index is 1130. The van der Waals surface area contributed by atoms with Gasteiger partial charge in [-0.05, 0) is 100 Å². The number of aliphatic hydroxyl groups is 1. The number of carbonyl (C=O) groups excluding carboxylic acids is 1. The van der Waals surface area contributed by atoms with Crippen molar-refractivity contribution < 1.29 is 14.6 Å². The Kier molecular flexibility index (Phi) is 6.08. The molecule has 2 saturated carbocycles. The van der Waals surface area contributed by atoms with Gasteiger partial charge in [-0.3, -0.25) is 0 Å². The van der Waals surface area contributed by atoms with Gasteiger partial charge in [-0.15, -0.1) is 12.8 Å². The number of fused-ring (bicyclic) bond motifs is 5. The minimum atomic E-state index is -0.977. The third kappa shape index (κ3) is 3.97. The Morgan fingerprint density at radius 2 is 1.83 bits per heavy atom. The molecule has 1 N–H and O–H groups in total. The lowest BCUT2D eigenvalue weighted by atomic mass is 9.53. The second-order valence-corrected chi connectivity index (χ2v) is 12.6. The highest BCUT2D eigenvalue weighted by Crippen LogP contribution is 2.64. The van der Waals surface area contributed by atoms with Gasteiger partial charge in [-0.2, -0.15) is 0 Å². The third-order valence-electron chi connectivity index (χ3n) is 9.66. The standard InChI is InChI=1S/C31H40N2O3/c1-7-21-19-22-9-10-24-23(11-13-30(6)26(24)12-14-31(30,35)8-2)25(22)20-27(21)32-15-17-33(18-16-32)28(34)36-29(3,4)5/h1-2,19-20,23-24,26,35H,9-18H2,3-6H3/t23-,24+,26-,30-,31-/m0/s1. The average Bonchev–Trinajstić information content (AvgIpc) is 3.13. The Morgan fingerprint density at radius 1 is 1.11 bits per heavy atom. The van der Waals surface area contributed by atoms with Crippen LogP contribution in [-0.2, 0) is 11.2 Å². The highest BCUT2D eigenvalue weighted by Gasteiger charge is 2.61. The van der Waals surface area contributed by atoms with Gasteiger partial charge in [0.2, 0.25) is 0 Å². The predicted molar refractivity (Wildman–Crippen MR) is 143 cm³/mol. The molecule has 5 nitrogen and oxygen atoms in total. The van der Waals surface area contributed by atoms with Crippen LogP contribution in [0, 0.1) is 41.9 Å². The Labute approximate surface area is 216 Å². The van der Waals surface area contributed by atoms with E-state index in [0.29, 0.717) is 37.3 Å². The molecule has 1 aromatic rings. The van der Waals surface area contributed by atoms with Gasteiger partial charge in [0.15, 0.2) is 0 Å². The van der Waals surface area contributed by atoms with Crippen LogP contribution in [0.2, 0.25) is 0 Å². The maximum absolute atomic E-state index is 12.5. The van der Waals surface area contributed by atoms with Gasteiger partial charge in [0.05, 0.1) is 5.69 Å². The molecule has 1 aromatic carbocycles. The molecule has 0 radical (unpaired) electrons. The van der Waals surface area contributed by atoms with E-state index in [1.165, 1.54) is 11.1 Å². The Hall–Kier alpha value is -2.63. The van der Waals surface area contributed by atoms with Crippen LogP contribution in [0.25, 0.3) is 0 Å². The van der Waals surface area contributed by atoms with E-state index in [9.17, 15) is 9.90 Å². The van der Waals surface area contributed by atoms with Crippen molar-refractivity contribution >= 4 is 11.8 Å². The summed E-state index contributed by atoms with van der Waals surface area (Å²) in [6.07, 6.45) is 17.5. The number of nitrogens with zero attached hydrogens (tertiary/aromatic N) is 2. The van der Waals surface area contributed by atoms with Gasteiger partial charge in [-0.1, -0.05) is 18.8 Å². The summed E-state index contributed by atoms with van der Waals surface area (Å²) in [4.78, 5) is 16.7. The van der Waals surface area contributed by atoms with E-state index in [0.717, 1.165) is 56.4 Å². The summed E-state index contributed by atoms with van der Waals surface area (Å²) in [5.41, 5.74) is 3.21. The van der Waals surface area contributed by atoms with E-state index < -0.39 is 11.2 Å². The lowest BCUT2D eigenvalue weighted by molar-refractivity contribution is -0.0646. The van der Waals surface area contributed by atoms with Crippen molar-refractivity contribution in [1.82, 2.24) is 4.90 Å². The van der Waals surface area contributed by atoms with E-state index >= 15 is 0 Å². The summed E-state index contributed by atoms with van der Waals surface area (Å²) >= 11 is 0. The largest absolute Gasteiger partial charge is 0.444 e. The lowest BCUT2D eigenvalue weighted by Gasteiger charge is -2.52. The summed E-state index contributed by atoms with van der Waals surface area (Å²) in [6, 6.07) is 4.59. The molecule has 5 rings (SSSR count). The minimum absolute atomic E-state index is 0.194. The van der Waals surface area contributed by atoms with Crippen LogP contribution in [0.4, 0.5) is 10.5 Å². The number of anilines is 1. The zero-order valence-electron chi connectivity index (χ0n) is 22.3. The highest BCUT2D eigenvalue weighted by molar-refractivity contribution is 5.69. The van der Waals surface area contributed by atoms with Crippen molar-refractivity contribution in [3.63, 3.8) is 0 Å². The SMILES string of the molecule is C#Cc1cc2c(cc1N1CCN(C(=O)OC(C)(C)C)CC1)[C@H]1CC[C@@]3(C)[C@@H](CC[C@@]3(O)C#C)[C@@H]1CC2. The molecular formula is C31H40N2O3. The number of terminal acetylenes is 2. The van der Waals surface area contributed by atoms with Crippen LogP contribution in [0.3, 0.4) is 0 Å². The van der Waals surface area contributed by atoms with Crippen molar-refractivity contribution in [1.29, 1.82) is 0 Å². The fourth-order valence-corrected chi connectivity index (χ4v) is 7.70. The summed E-state index contributed by atoms with van der Waals surface area (Å²) in [6.45, 7) is 10.6. The molecule has 0 aromatic heterocycles. The van der Waals surface area contributed by atoms with E-state index in [1.807, 2.05) is 20.8 Å². The summed E-state index contributed by atoms with van der Waals surface area (Å²) in [5, 5.41) is 11.2. The molecule has 3 aliphatic carbocycles. The first kappa shape index (κ1) is 25.0. The number of carbonyl (C=O) groups is 1. The number of hydrogen-bond donors (Lipinski definition) is 1. The van der Waals surface area contributed by atoms with Gasteiger partial charge < -0.3 is 19.6 Å². The number of aryl methyl sites for hydroxylation is 1. The first-order valence-electron chi connectivity index (χ1n) is 13.6. The molecule has 192 valence electrons. The maximum atomic E-state index is 12.5. The fraction of sp³-hybridized carbons (Fsp3) is 0.645. The van der Waals surface area contributed by atoms with Crippen molar-refractivity contribution in [2.45, 2.75) is 83.3 Å². The predicted octanol–water partition coefficient (Wildman–Crippen LogP) is 4.95. The quantitative estimate of drug-likeness (QED) is 0.569. The Balaban J connectivity index is 1.38. The van der Waals surface area contributed by atoms with Crippen LogP contribution in [0.1, 0.15) is 82.4 Å². The lowest BCUT2D eigenvalue weighted by Crippen LogP contribution is -2.50. The maximum Gasteiger partial charge on any atom is 0.410 e. The average molecular weight is 489 g/mol. The molecule has 4 aliphatic rings. The first-order valence-corrected chi connectivity index (χ1v) is 13.6. The summed E-state index contributed by atoms with van der Waals surface area (Å²) < 4.78 is 5.57. The van der Waals surface area contributed by atoms with Gasteiger partial charge in [0.1, 0.15) is 11.2 Å². The van der Waals surface area contributed by atoms with Crippen molar-refractivity contribution in [2.75, 3.05) is 31.1 Å². The number of amides is 1. The third-order valence-corrected chi connectivity index (χ3v) is 9.66. The number of benzene rings is 1. The summed E-state index contributed by atoms with van der Waals surface area (Å²) in [5.74, 6) is 7.21. The number of piperazine rings is 1. The second kappa shape index (κ2) is 8.74. The molecule has 1 saturated heterocycles. The molecule has 1 aliphatic heterocycles.